The van der Waals surface area contributed by atoms with Crippen LogP contribution in [-0.4, -0.2) is 29.4 Å². The third-order valence-corrected chi connectivity index (χ3v) is 7.01. The lowest BCUT2D eigenvalue weighted by Gasteiger charge is -2.22. The van der Waals surface area contributed by atoms with Crippen LogP contribution >= 0.6 is 11.6 Å². The SMILES string of the molecule is O=C(NC(Cc1c[nH]c2ccccc12)C(=O)NCC1(c2ccccc2)CC1)c1ccccc1Cl. The molecule has 3 aromatic carbocycles. The van der Waals surface area contributed by atoms with E-state index in [1.807, 2.05) is 48.7 Å². The lowest BCUT2D eigenvalue weighted by molar-refractivity contribution is -0.123. The van der Waals surface area contributed by atoms with E-state index in [4.69, 9.17) is 11.6 Å². The van der Waals surface area contributed by atoms with Crippen LogP contribution in [0.2, 0.25) is 5.02 Å². The Morgan fingerprint density at radius 2 is 1.65 bits per heavy atom. The summed E-state index contributed by atoms with van der Waals surface area (Å²) in [7, 11) is 0. The first-order valence-electron chi connectivity index (χ1n) is 11.5. The topological polar surface area (TPSA) is 74.0 Å². The number of benzene rings is 3. The number of H-pyrrole nitrogens is 1. The third-order valence-electron chi connectivity index (χ3n) is 6.68. The smallest absolute Gasteiger partial charge is 0.253 e. The highest BCUT2D eigenvalue weighted by atomic mass is 35.5. The molecule has 4 aromatic rings. The molecule has 2 amide bonds. The van der Waals surface area contributed by atoms with Crippen LogP contribution in [0.15, 0.2) is 85.1 Å². The molecule has 0 saturated heterocycles. The van der Waals surface area contributed by atoms with Gasteiger partial charge < -0.3 is 15.6 Å². The Labute approximate surface area is 203 Å². The second kappa shape index (κ2) is 9.35. The van der Waals surface area contributed by atoms with Crippen LogP contribution in [-0.2, 0) is 16.6 Å². The lowest BCUT2D eigenvalue weighted by Crippen LogP contribution is -2.49. The molecule has 1 saturated carbocycles. The van der Waals surface area contributed by atoms with E-state index in [0.717, 1.165) is 29.3 Å². The molecule has 1 fully saturated rings. The van der Waals surface area contributed by atoms with Gasteiger partial charge in [0.25, 0.3) is 5.91 Å². The minimum absolute atomic E-state index is 0.0189. The van der Waals surface area contributed by atoms with E-state index in [-0.39, 0.29) is 17.2 Å². The second-order valence-electron chi connectivity index (χ2n) is 8.93. The number of para-hydroxylation sites is 1. The molecule has 1 aliphatic carbocycles. The molecule has 1 atom stereocenters. The minimum Gasteiger partial charge on any atom is -0.361 e. The van der Waals surface area contributed by atoms with Crippen molar-refractivity contribution in [1.82, 2.24) is 15.6 Å². The molecule has 5 nitrogen and oxygen atoms in total. The van der Waals surface area contributed by atoms with Gasteiger partial charge >= 0.3 is 0 Å². The zero-order valence-corrected chi connectivity index (χ0v) is 19.4. The Kier molecular flexibility index (Phi) is 6.12. The second-order valence-corrected chi connectivity index (χ2v) is 9.34. The first-order valence-corrected chi connectivity index (χ1v) is 11.9. The third kappa shape index (κ3) is 4.57. The van der Waals surface area contributed by atoms with Crippen LogP contribution in [0.3, 0.4) is 0 Å². The Balaban J connectivity index is 1.36. The Morgan fingerprint density at radius 3 is 2.41 bits per heavy atom. The van der Waals surface area contributed by atoms with Crippen LogP contribution < -0.4 is 10.6 Å². The van der Waals surface area contributed by atoms with E-state index in [1.54, 1.807) is 24.3 Å². The lowest BCUT2D eigenvalue weighted by atomic mass is 9.95. The first-order chi connectivity index (χ1) is 16.6. The number of nitrogens with one attached hydrogen (secondary N) is 3. The molecule has 3 N–H and O–H groups in total. The predicted molar refractivity (Wildman–Crippen MR) is 135 cm³/mol. The first kappa shape index (κ1) is 22.2. The summed E-state index contributed by atoms with van der Waals surface area (Å²) in [4.78, 5) is 29.7. The summed E-state index contributed by atoms with van der Waals surface area (Å²) >= 11 is 6.23. The van der Waals surface area contributed by atoms with Crippen LogP contribution in [0.25, 0.3) is 10.9 Å². The number of carbonyl (C=O) groups excluding carboxylic acids is 2. The molecule has 1 aromatic heterocycles. The zero-order valence-electron chi connectivity index (χ0n) is 18.7. The monoisotopic (exact) mass is 471 g/mol. The van der Waals surface area contributed by atoms with Crippen LogP contribution in [0, 0.1) is 0 Å². The highest BCUT2D eigenvalue weighted by Crippen LogP contribution is 2.47. The molecule has 1 aliphatic rings. The maximum Gasteiger partial charge on any atom is 0.253 e. The molecule has 0 radical (unpaired) electrons. The summed E-state index contributed by atoms with van der Waals surface area (Å²) < 4.78 is 0. The summed E-state index contributed by atoms with van der Waals surface area (Å²) in [6, 6.07) is 24.3. The molecule has 1 heterocycles. The van der Waals surface area contributed by atoms with Crippen LogP contribution in [0.4, 0.5) is 0 Å². The molecule has 0 bridgehead atoms. The van der Waals surface area contributed by atoms with Gasteiger partial charge in [-0.2, -0.15) is 0 Å². The molecular formula is C28H26ClN3O2. The molecule has 0 aliphatic heterocycles. The number of halogens is 1. The van der Waals surface area contributed by atoms with E-state index in [1.165, 1.54) is 5.56 Å². The number of rotatable bonds is 8. The molecule has 6 heteroatoms. The average molecular weight is 472 g/mol. The fourth-order valence-electron chi connectivity index (χ4n) is 4.50. The van der Waals surface area contributed by atoms with Crippen molar-refractivity contribution < 1.29 is 9.59 Å². The maximum absolute atomic E-state index is 13.4. The quantitative estimate of drug-likeness (QED) is 0.338. The molecule has 172 valence electrons. The summed E-state index contributed by atoms with van der Waals surface area (Å²) in [6.07, 6.45) is 4.34. The van der Waals surface area contributed by atoms with Crippen molar-refractivity contribution in [2.75, 3.05) is 6.54 Å². The molecule has 0 spiro atoms. The average Bonchev–Trinajstić information content (AvgIpc) is 3.56. The molecule has 34 heavy (non-hydrogen) atoms. The van der Waals surface area contributed by atoms with Crippen LogP contribution in [0.1, 0.15) is 34.3 Å². The number of fused-ring (bicyclic) bond motifs is 1. The summed E-state index contributed by atoms with van der Waals surface area (Å²) in [5.74, 6) is -0.567. The van der Waals surface area contributed by atoms with Gasteiger partial charge in [-0.15, -0.1) is 0 Å². The normalized spacial score (nSPS) is 15.0. The number of carbonyl (C=O) groups is 2. The van der Waals surface area contributed by atoms with Crippen molar-refractivity contribution in [1.29, 1.82) is 0 Å². The van der Waals surface area contributed by atoms with E-state index in [9.17, 15) is 9.59 Å². The molecule has 1 unspecified atom stereocenters. The summed E-state index contributed by atoms with van der Waals surface area (Å²) in [6.45, 7) is 0.544. The highest BCUT2D eigenvalue weighted by Gasteiger charge is 2.44. The van der Waals surface area contributed by atoms with Crippen molar-refractivity contribution in [2.24, 2.45) is 0 Å². The summed E-state index contributed by atoms with van der Waals surface area (Å²) in [5, 5.41) is 7.43. The van der Waals surface area contributed by atoms with Gasteiger partial charge in [-0.3, -0.25) is 9.59 Å². The Hall–Kier alpha value is -3.57. The highest BCUT2D eigenvalue weighted by molar-refractivity contribution is 6.33. The van der Waals surface area contributed by atoms with Gasteiger partial charge in [0.15, 0.2) is 0 Å². The van der Waals surface area contributed by atoms with Gasteiger partial charge in [-0.25, -0.2) is 0 Å². The van der Waals surface area contributed by atoms with Crippen molar-refractivity contribution in [3.63, 3.8) is 0 Å². The van der Waals surface area contributed by atoms with Crippen LogP contribution in [0.5, 0.6) is 0 Å². The number of aromatic nitrogens is 1. The Morgan fingerprint density at radius 1 is 0.941 bits per heavy atom. The fourth-order valence-corrected chi connectivity index (χ4v) is 4.72. The van der Waals surface area contributed by atoms with E-state index in [2.05, 4.69) is 27.8 Å². The summed E-state index contributed by atoms with van der Waals surface area (Å²) in [5.41, 5.74) is 3.54. The minimum atomic E-state index is -0.741. The van der Waals surface area contributed by atoms with Gasteiger partial charge in [0.05, 0.1) is 10.6 Å². The van der Waals surface area contributed by atoms with Gasteiger partial charge in [0.2, 0.25) is 5.91 Å². The Bertz CT molecular complexity index is 1330. The van der Waals surface area contributed by atoms with E-state index in [0.29, 0.717) is 23.6 Å². The molecular weight excluding hydrogens is 446 g/mol. The van der Waals surface area contributed by atoms with E-state index < -0.39 is 6.04 Å². The van der Waals surface area contributed by atoms with Gasteiger partial charge in [-0.05, 0) is 42.2 Å². The fraction of sp³-hybridized carbons (Fsp3) is 0.214. The van der Waals surface area contributed by atoms with Gasteiger partial charge in [0.1, 0.15) is 6.04 Å². The van der Waals surface area contributed by atoms with Gasteiger partial charge in [-0.1, -0.05) is 72.3 Å². The van der Waals surface area contributed by atoms with Crippen molar-refractivity contribution in [3.8, 4) is 0 Å². The standard InChI is InChI=1S/C28H26ClN3O2/c29-23-12-6-4-11-22(23)26(33)32-25(16-19-17-30-24-13-7-5-10-21(19)24)27(34)31-18-28(14-15-28)20-8-2-1-3-9-20/h1-13,17,25,30H,14-16,18H2,(H,31,34)(H,32,33). The maximum atomic E-state index is 13.4. The van der Waals surface area contributed by atoms with Crippen molar-refractivity contribution in [3.05, 3.63) is 107 Å². The van der Waals surface area contributed by atoms with Crippen molar-refractivity contribution in [2.45, 2.75) is 30.7 Å². The largest absolute Gasteiger partial charge is 0.361 e. The van der Waals surface area contributed by atoms with E-state index >= 15 is 0 Å². The number of aromatic amines is 1. The van der Waals surface area contributed by atoms with Crippen molar-refractivity contribution >= 4 is 34.3 Å². The van der Waals surface area contributed by atoms with Gasteiger partial charge in [0, 0.05) is 35.5 Å². The molecule has 5 rings (SSSR count). The predicted octanol–water partition coefficient (Wildman–Crippen LogP) is 5.01. The number of hydrogen-bond acceptors (Lipinski definition) is 2. The zero-order chi connectivity index (χ0) is 23.5. The number of hydrogen-bond donors (Lipinski definition) is 3. The number of amides is 2.